The van der Waals surface area contributed by atoms with Crippen LogP contribution in [0.1, 0.15) is 29.7 Å². The summed E-state index contributed by atoms with van der Waals surface area (Å²) in [7, 11) is 1.61. The van der Waals surface area contributed by atoms with E-state index < -0.39 is 0 Å². The van der Waals surface area contributed by atoms with Crippen LogP contribution in [-0.2, 0) is 4.79 Å². The van der Waals surface area contributed by atoms with Crippen molar-refractivity contribution < 1.29 is 14.3 Å². The van der Waals surface area contributed by atoms with Gasteiger partial charge in [-0.15, -0.1) is 0 Å². The minimum atomic E-state index is -0.226. The summed E-state index contributed by atoms with van der Waals surface area (Å²) in [4.78, 5) is 12.1. The van der Waals surface area contributed by atoms with E-state index in [1.807, 2.05) is 38.1 Å². The molecule has 5 heteroatoms. The molecule has 0 aliphatic heterocycles. The van der Waals surface area contributed by atoms with Crippen molar-refractivity contribution in [3.05, 3.63) is 59.2 Å². The fourth-order valence-electron chi connectivity index (χ4n) is 2.33. The molecule has 2 rings (SSSR count). The monoisotopic (exact) mass is 324 g/mol. The molecule has 0 heterocycles. The number of carbonyl (C=O) groups excluding carboxylic acids is 1. The zero-order chi connectivity index (χ0) is 17.5. The van der Waals surface area contributed by atoms with Crippen molar-refractivity contribution in [2.75, 3.05) is 13.7 Å². The van der Waals surface area contributed by atoms with E-state index in [1.54, 1.807) is 31.4 Å². The van der Waals surface area contributed by atoms with E-state index in [9.17, 15) is 4.79 Å². The second kappa shape index (κ2) is 8.02. The number of benzene rings is 2. The van der Waals surface area contributed by atoms with Crippen LogP contribution in [0, 0.1) is 18.3 Å². The van der Waals surface area contributed by atoms with Gasteiger partial charge in [-0.3, -0.25) is 4.79 Å². The van der Waals surface area contributed by atoms with Gasteiger partial charge in [-0.05, 0) is 44.2 Å². The average Bonchev–Trinajstić information content (AvgIpc) is 2.60. The normalized spacial score (nSPS) is 11.2. The number of nitrogens with one attached hydrogen (secondary N) is 1. The number of carbonyl (C=O) groups is 1. The van der Waals surface area contributed by atoms with Crippen molar-refractivity contribution in [1.82, 2.24) is 5.32 Å². The van der Waals surface area contributed by atoms with Crippen LogP contribution >= 0.6 is 0 Å². The molecule has 2 aromatic rings. The van der Waals surface area contributed by atoms with Gasteiger partial charge in [-0.1, -0.05) is 17.7 Å². The maximum Gasteiger partial charge on any atom is 0.258 e. The number of methoxy groups -OCH3 is 1. The lowest BCUT2D eigenvalue weighted by molar-refractivity contribution is -0.123. The van der Waals surface area contributed by atoms with Crippen molar-refractivity contribution in [1.29, 1.82) is 5.26 Å². The maximum absolute atomic E-state index is 12.1. The van der Waals surface area contributed by atoms with Crippen molar-refractivity contribution in [3.63, 3.8) is 0 Å². The fourth-order valence-corrected chi connectivity index (χ4v) is 2.33. The highest BCUT2D eigenvalue weighted by atomic mass is 16.5. The van der Waals surface area contributed by atoms with Crippen LogP contribution in [0.4, 0.5) is 0 Å². The van der Waals surface area contributed by atoms with E-state index in [0.717, 1.165) is 16.9 Å². The molecule has 1 N–H and O–H groups in total. The Kier molecular flexibility index (Phi) is 5.80. The van der Waals surface area contributed by atoms with Gasteiger partial charge in [0, 0.05) is 5.56 Å². The van der Waals surface area contributed by atoms with Crippen LogP contribution in [0.15, 0.2) is 42.5 Å². The minimum absolute atomic E-state index is 0.0929. The highest BCUT2D eigenvalue weighted by Crippen LogP contribution is 2.26. The molecule has 24 heavy (non-hydrogen) atoms. The topological polar surface area (TPSA) is 71.3 Å². The number of amides is 1. The van der Waals surface area contributed by atoms with Gasteiger partial charge in [0.15, 0.2) is 6.61 Å². The summed E-state index contributed by atoms with van der Waals surface area (Å²) in [6.45, 7) is 3.80. The number of aryl methyl sites for hydroxylation is 1. The first kappa shape index (κ1) is 17.4. The van der Waals surface area contributed by atoms with Crippen LogP contribution in [0.3, 0.4) is 0 Å². The number of ether oxygens (including phenoxy) is 2. The summed E-state index contributed by atoms with van der Waals surface area (Å²) in [5, 5.41) is 11.6. The van der Waals surface area contributed by atoms with E-state index >= 15 is 0 Å². The number of nitrogens with zero attached hydrogens (tertiary/aromatic N) is 1. The SMILES string of the molecule is COc1ccc(C)cc1[C@H](C)NC(=O)COc1ccc(C#N)cc1. The van der Waals surface area contributed by atoms with Gasteiger partial charge in [0.2, 0.25) is 0 Å². The number of hydrogen-bond donors (Lipinski definition) is 1. The predicted octanol–water partition coefficient (Wildman–Crippen LogP) is 3.13. The van der Waals surface area contributed by atoms with Gasteiger partial charge < -0.3 is 14.8 Å². The molecule has 0 radical (unpaired) electrons. The molecular formula is C19H20N2O3. The van der Waals surface area contributed by atoms with Gasteiger partial charge in [0.25, 0.3) is 5.91 Å². The Bertz CT molecular complexity index is 748. The lowest BCUT2D eigenvalue weighted by atomic mass is 10.0. The Labute approximate surface area is 141 Å². The smallest absolute Gasteiger partial charge is 0.258 e. The summed E-state index contributed by atoms with van der Waals surface area (Å²) in [5.74, 6) is 1.06. The molecule has 0 saturated heterocycles. The lowest BCUT2D eigenvalue weighted by Gasteiger charge is -2.18. The second-order valence-electron chi connectivity index (χ2n) is 5.46. The Balaban J connectivity index is 1.94. The molecule has 1 amide bonds. The molecule has 124 valence electrons. The van der Waals surface area contributed by atoms with E-state index in [0.29, 0.717) is 11.3 Å². The van der Waals surface area contributed by atoms with Crippen LogP contribution in [0.2, 0.25) is 0 Å². The first-order valence-corrected chi connectivity index (χ1v) is 7.60. The lowest BCUT2D eigenvalue weighted by Crippen LogP contribution is -2.31. The van der Waals surface area contributed by atoms with Crippen molar-refractivity contribution in [3.8, 4) is 17.6 Å². The van der Waals surface area contributed by atoms with Crippen LogP contribution in [0.25, 0.3) is 0 Å². The van der Waals surface area contributed by atoms with Crippen molar-refractivity contribution in [2.24, 2.45) is 0 Å². The van der Waals surface area contributed by atoms with Crippen LogP contribution in [-0.4, -0.2) is 19.6 Å². The van der Waals surface area contributed by atoms with Crippen LogP contribution < -0.4 is 14.8 Å². The number of hydrogen-bond acceptors (Lipinski definition) is 4. The molecule has 0 fully saturated rings. The fraction of sp³-hybridized carbons (Fsp3) is 0.263. The minimum Gasteiger partial charge on any atom is -0.496 e. The number of rotatable bonds is 6. The Morgan fingerprint density at radius 3 is 2.58 bits per heavy atom. The third-order valence-corrected chi connectivity index (χ3v) is 3.58. The first-order chi connectivity index (χ1) is 11.5. The van der Waals surface area contributed by atoms with Crippen molar-refractivity contribution in [2.45, 2.75) is 19.9 Å². The third kappa shape index (κ3) is 4.50. The summed E-state index contributed by atoms with van der Waals surface area (Å²) >= 11 is 0. The van der Waals surface area contributed by atoms with E-state index in [2.05, 4.69) is 5.32 Å². The van der Waals surface area contributed by atoms with Gasteiger partial charge in [-0.2, -0.15) is 5.26 Å². The Morgan fingerprint density at radius 2 is 1.96 bits per heavy atom. The largest absolute Gasteiger partial charge is 0.496 e. The predicted molar refractivity (Wildman–Crippen MR) is 90.9 cm³/mol. The standard InChI is InChI=1S/C19H20N2O3/c1-13-4-9-18(23-3)17(10-13)14(2)21-19(22)12-24-16-7-5-15(11-20)6-8-16/h4-10,14H,12H2,1-3H3,(H,21,22)/t14-/m0/s1. The molecular weight excluding hydrogens is 304 g/mol. The van der Waals surface area contributed by atoms with E-state index in [-0.39, 0.29) is 18.6 Å². The summed E-state index contributed by atoms with van der Waals surface area (Å²) < 4.78 is 10.8. The molecule has 0 bridgehead atoms. The summed E-state index contributed by atoms with van der Waals surface area (Å²) in [5.41, 5.74) is 2.57. The molecule has 0 saturated carbocycles. The van der Waals surface area contributed by atoms with E-state index in [4.69, 9.17) is 14.7 Å². The highest BCUT2D eigenvalue weighted by Gasteiger charge is 2.14. The third-order valence-electron chi connectivity index (χ3n) is 3.58. The molecule has 0 unspecified atom stereocenters. The van der Waals surface area contributed by atoms with Crippen LogP contribution in [0.5, 0.6) is 11.5 Å². The molecule has 0 spiro atoms. The summed E-state index contributed by atoms with van der Waals surface area (Å²) in [6, 6.07) is 14.3. The van der Waals surface area contributed by atoms with Gasteiger partial charge >= 0.3 is 0 Å². The molecule has 0 aliphatic rings. The zero-order valence-electron chi connectivity index (χ0n) is 14.0. The molecule has 2 aromatic carbocycles. The van der Waals surface area contributed by atoms with Crippen molar-refractivity contribution >= 4 is 5.91 Å². The molecule has 1 atom stereocenters. The summed E-state index contributed by atoms with van der Waals surface area (Å²) in [6.07, 6.45) is 0. The highest BCUT2D eigenvalue weighted by molar-refractivity contribution is 5.78. The zero-order valence-corrected chi connectivity index (χ0v) is 14.0. The molecule has 0 aromatic heterocycles. The van der Waals surface area contributed by atoms with Gasteiger partial charge in [0.05, 0.1) is 24.8 Å². The first-order valence-electron chi connectivity index (χ1n) is 7.60. The second-order valence-corrected chi connectivity index (χ2v) is 5.46. The quantitative estimate of drug-likeness (QED) is 0.886. The average molecular weight is 324 g/mol. The maximum atomic E-state index is 12.1. The molecule has 0 aliphatic carbocycles. The van der Waals surface area contributed by atoms with Gasteiger partial charge in [-0.25, -0.2) is 0 Å². The molecule has 5 nitrogen and oxygen atoms in total. The Morgan fingerprint density at radius 1 is 1.25 bits per heavy atom. The van der Waals surface area contributed by atoms with E-state index in [1.165, 1.54) is 0 Å². The van der Waals surface area contributed by atoms with Gasteiger partial charge in [0.1, 0.15) is 11.5 Å². The Hall–Kier alpha value is -3.00. The number of nitriles is 1.